The molecule has 4 radical (unpaired) electrons. The zero-order chi connectivity index (χ0) is 16.4. The second-order valence-corrected chi connectivity index (χ2v) is 5.66. The number of nitrogens with two attached hydrogens (primary N) is 1. The van der Waals surface area contributed by atoms with E-state index in [2.05, 4.69) is 0 Å². The first-order valence-corrected chi connectivity index (χ1v) is 6.72. The van der Waals surface area contributed by atoms with Gasteiger partial charge in [0.1, 0.15) is 19.3 Å². The van der Waals surface area contributed by atoms with Crippen molar-refractivity contribution in [2.45, 2.75) is 28.5 Å². The lowest BCUT2D eigenvalue weighted by atomic mass is 9.55. The molecule has 0 spiro atoms. The summed E-state index contributed by atoms with van der Waals surface area (Å²) in [4.78, 5) is 0.139. The van der Waals surface area contributed by atoms with Crippen LogP contribution in [0.15, 0.2) is 17.0 Å². The standard InChI is InChI=1S/C12H15B2F2NO3S/c1-11(13,17)12(14,18)6-4-8(20-3)9(21-10(15)16)5-7(6)19-2/h4-5,10,18H,17H2,1-3H3. The van der Waals surface area contributed by atoms with Crippen molar-refractivity contribution >= 4 is 27.5 Å². The van der Waals surface area contributed by atoms with Crippen LogP contribution in [0.2, 0.25) is 0 Å². The van der Waals surface area contributed by atoms with Gasteiger partial charge in [-0.3, -0.25) is 0 Å². The molecule has 112 valence electrons. The SMILES string of the molecule is [B]C(C)(N)C([B])(O)c1cc(OC)c(SC(F)F)cc1OC. The molecule has 0 saturated carbocycles. The predicted octanol–water partition coefficient (Wildman–Crippen LogP) is 1.18. The summed E-state index contributed by atoms with van der Waals surface area (Å²) in [5, 5.41) is 10.4. The normalized spacial score (nSPS) is 17.1. The Balaban J connectivity index is 3.47. The third-order valence-corrected chi connectivity index (χ3v) is 3.68. The molecule has 0 aliphatic rings. The van der Waals surface area contributed by atoms with Crippen LogP contribution >= 0.6 is 11.8 Å². The Labute approximate surface area is 129 Å². The van der Waals surface area contributed by atoms with E-state index in [0.29, 0.717) is 0 Å². The fraction of sp³-hybridized carbons (Fsp3) is 0.500. The van der Waals surface area contributed by atoms with E-state index >= 15 is 0 Å². The number of aliphatic hydroxyl groups is 1. The van der Waals surface area contributed by atoms with E-state index in [0.717, 1.165) is 0 Å². The monoisotopic (exact) mass is 313 g/mol. The summed E-state index contributed by atoms with van der Waals surface area (Å²) in [6.07, 6.45) is 0. The number of benzene rings is 1. The van der Waals surface area contributed by atoms with Gasteiger partial charge >= 0.3 is 0 Å². The van der Waals surface area contributed by atoms with Crippen LogP contribution in [0.5, 0.6) is 11.5 Å². The van der Waals surface area contributed by atoms with E-state index in [-0.39, 0.29) is 33.7 Å². The quantitative estimate of drug-likeness (QED) is 0.610. The maximum atomic E-state index is 12.5. The number of alkyl halides is 2. The minimum absolute atomic E-state index is 0.0352. The summed E-state index contributed by atoms with van der Waals surface area (Å²) in [5.74, 6) is -2.46. The first kappa shape index (κ1) is 18.1. The smallest absolute Gasteiger partial charge is 0.289 e. The van der Waals surface area contributed by atoms with Crippen molar-refractivity contribution in [1.82, 2.24) is 0 Å². The van der Waals surface area contributed by atoms with Crippen LogP contribution < -0.4 is 15.2 Å². The van der Waals surface area contributed by atoms with Gasteiger partial charge in [-0.2, -0.15) is 8.78 Å². The predicted molar refractivity (Wildman–Crippen MR) is 79.4 cm³/mol. The van der Waals surface area contributed by atoms with E-state index < -0.39 is 16.7 Å². The molecule has 2 atom stereocenters. The van der Waals surface area contributed by atoms with Crippen molar-refractivity contribution < 1.29 is 23.4 Å². The average molecular weight is 313 g/mol. The van der Waals surface area contributed by atoms with Crippen LogP contribution in [0.25, 0.3) is 0 Å². The molecule has 0 amide bonds. The molecule has 4 nitrogen and oxygen atoms in total. The maximum Gasteiger partial charge on any atom is 0.289 e. The minimum Gasteiger partial charge on any atom is -0.496 e. The first-order chi connectivity index (χ1) is 9.54. The van der Waals surface area contributed by atoms with Crippen LogP contribution in [-0.2, 0) is 5.50 Å². The van der Waals surface area contributed by atoms with Crippen LogP contribution in [0, 0.1) is 0 Å². The molecule has 0 heterocycles. The van der Waals surface area contributed by atoms with E-state index in [1.54, 1.807) is 0 Å². The number of ether oxygens (including phenoxy) is 2. The van der Waals surface area contributed by atoms with Crippen LogP contribution in [0.4, 0.5) is 8.78 Å². The van der Waals surface area contributed by atoms with Gasteiger partial charge in [0.25, 0.3) is 5.76 Å². The molecule has 0 bridgehead atoms. The summed E-state index contributed by atoms with van der Waals surface area (Å²) in [6, 6.07) is 2.57. The fourth-order valence-corrected chi connectivity index (χ4v) is 2.27. The molecule has 0 aromatic heterocycles. The van der Waals surface area contributed by atoms with Gasteiger partial charge in [-0.15, -0.1) is 0 Å². The van der Waals surface area contributed by atoms with Crippen LogP contribution in [0.1, 0.15) is 12.5 Å². The summed E-state index contributed by atoms with van der Waals surface area (Å²) in [5.41, 5.74) is 1.85. The zero-order valence-electron chi connectivity index (χ0n) is 11.9. The number of hydrogen-bond donors (Lipinski definition) is 2. The molecule has 1 aromatic carbocycles. The van der Waals surface area contributed by atoms with Gasteiger partial charge in [0.05, 0.1) is 32.5 Å². The Kier molecular flexibility index (Phi) is 5.57. The molecule has 1 aromatic rings. The van der Waals surface area contributed by atoms with Crippen molar-refractivity contribution in [1.29, 1.82) is 0 Å². The number of methoxy groups -OCH3 is 2. The van der Waals surface area contributed by atoms with Crippen molar-refractivity contribution in [2.75, 3.05) is 14.2 Å². The number of thioether (sulfide) groups is 1. The Morgan fingerprint density at radius 1 is 1.24 bits per heavy atom. The fourth-order valence-electron chi connectivity index (χ4n) is 1.65. The Morgan fingerprint density at radius 2 is 1.76 bits per heavy atom. The van der Waals surface area contributed by atoms with Gasteiger partial charge in [-0.05, 0) is 17.6 Å². The largest absolute Gasteiger partial charge is 0.496 e. The zero-order valence-corrected chi connectivity index (χ0v) is 12.7. The molecule has 21 heavy (non-hydrogen) atoms. The van der Waals surface area contributed by atoms with Crippen LogP contribution in [0.3, 0.4) is 0 Å². The van der Waals surface area contributed by atoms with Crippen molar-refractivity contribution in [3.63, 3.8) is 0 Å². The average Bonchev–Trinajstić information content (AvgIpc) is 2.35. The molecular formula is C12H15B2F2NO3S. The van der Waals surface area contributed by atoms with Gasteiger partial charge in [-0.25, -0.2) is 0 Å². The lowest BCUT2D eigenvalue weighted by molar-refractivity contribution is 0.0825. The molecule has 3 N–H and O–H groups in total. The summed E-state index contributed by atoms with van der Waals surface area (Å²) < 4.78 is 35.2. The van der Waals surface area contributed by atoms with Crippen LogP contribution in [-0.4, -0.2) is 46.2 Å². The Hall–Kier alpha value is -0.920. The van der Waals surface area contributed by atoms with Crippen molar-refractivity contribution in [2.24, 2.45) is 5.73 Å². The minimum atomic E-state index is -2.64. The molecule has 0 fully saturated rings. The third-order valence-electron chi connectivity index (χ3n) is 2.93. The van der Waals surface area contributed by atoms with Gasteiger partial charge in [0.2, 0.25) is 0 Å². The van der Waals surface area contributed by atoms with Gasteiger partial charge in [-0.1, -0.05) is 18.7 Å². The molecular weight excluding hydrogens is 298 g/mol. The molecule has 0 aliphatic carbocycles. The van der Waals surface area contributed by atoms with Gasteiger partial charge < -0.3 is 20.3 Å². The highest BCUT2D eigenvalue weighted by Gasteiger charge is 2.39. The Bertz CT molecular complexity index is 510. The second-order valence-electron chi connectivity index (χ2n) is 4.63. The van der Waals surface area contributed by atoms with E-state index in [4.69, 9.17) is 30.9 Å². The molecule has 0 saturated heterocycles. The highest BCUT2D eigenvalue weighted by molar-refractivity contribution is 7.99. The summed E-state index contributed by atoms with van der Waals surface area (Å²) in [7, 11) is 14.1. The highest BCUT2D eigenvalue weighted by Crippen LogP contribution is 2.42. The maximum absolute atomic E-state index is 12.5. The first-order valence-electron chi connectivity index (χ1n) is 5.85. The molecule has 1 rings (SSSR count). The summed E-state index contributed by atoms with van der Waals surface area (Å²) in [6.45, 7) is 1.32. The second kappa shape index (κ2) is 6.46. The van der Waals surface area contributed by atoms with Crippen molar-refractivity contribution in [3.05, 3.63) is 17.7 Å². The highest BCUT2D eigenvalue weighted by atomic mass is 32.2. The Morgan fingerprint density at radius 3 is 2.14 bits per heavy atom. The summed E-state index contributed by atoms with van der Waals surface area (Å²) >= 11 is 0.283. The third kappa shape index (κ3) is 3.84. The lowest BCUT2D eigenvalue weighted by Gasteiger charge is -2.39. The van der Waals surface area contributed by atoms with Gasteiger partial charge in [0.15, 0.2) is 0 Å². The van der Waals surface area contributed by atoms with E-state index in [1.807, 2.05) is 0 Å². The van der Waals surface area contributed by atoms with E-state index in [9.17, 15) is 13.9 Å². The topological polar surface area (TPSA) is 64.7 Å². The molecule has 0 aliphatic heterocycles. The van der Waals surface area contributed by atoms with Gasteiger partial charge in [0, 0.05) is 5.56 Å². The number of hydrogen-bond acceptors (Lipinski definition) is 5. The lowest BCUT2D eigenvalue weighted by Crippen LogP contribution is -2.57. The number of halogens is 2. The number of rotatable bonds is 6. The van der Waals surface area contributed by atoms with E-state index in [1.165, 1.54) is 33.3 Å². The van der Waals surface area contributed by atoms with Crippen molar-refractivity contribution in [3.8, 4) is 11.5 Å². The molecule has 9 heteroatoms. The molecule has 2 unspecified atom stereocenters.